The number of likely N-dealkylation sites (N-methyl/N-ethyl adjacent to an activating group) is 1. The fourth-order valence-electron chi connectivity index (χ4n) is 3.23. The minimum atomic E-state index is -0.106. The number of hydrogen-bond acceptors (Lipinski definition) is 5. The molecule has 1 atom stereocenters. The number of nitrogens with zero attached hydrogens (tertiary/aromatic N) is 3. The predicted molar refractivity (Wildman–Crippen MR) is 127 cm³/mol. The Hall–Kier alpha value is -1.55. The van der Waals surface area contributed by atoms with Crippen molar-refractivity contribution in [2.24, 2.45) is 10.9 Å². The van der Waals surface area contributed by atoms with Gasteiger partial charge in [0.2, 0.25) is 0 Å². The minimum absolute atomic E-state index is 0. The molecule has 0 bridgehead atoms. The van der Waals surface area contributed by atoms with Gasteiger partial charge in [0.05, 0.1) is 12.5 Å². The molecule has 1 unspecified atom stereocenters. The summed E-state index contributed by atoms with van der Waals surface area (Å²) in [6, 6.07) is 8.09. The second-order valence-corrected chi connectivity index (χ2v) is 7.24. The molecule has 0 radical (unpaired) electrons. The fourth-order valence-corrected chi connectivity index (χ4v) is 3.23. The van der Waals surface area contributed by atoms with Gasteiger partial charge in [-0.05, 0) is 51.6 Å². The van der Waals surface area contributed by atoms with Crippen LogP contribution in [0, 0.1) is 5.92 Å². The van der Waals surface area contributed by atoms with E-state index in [-0.39, 0.29) is 35.9 Å². The Kier molecular flexibility index (Phi) is 12.0. The van der Waals surface area contributed by atoms with Crippen molar-refractivity contribution in [2.75, 3.05) is 54.0 Å². The van der Waals surface area contributed by atoms with Crippen molar-refractivity contribution >= 4 is 35.9 Å². The van der Waals surface area contributed by atoms with E-state index in [0.29, 0.717) is 26.3 Å². The van der Waals surface area contributed by atoms with E-state index in [4.69, 9.17) is 9.47 Å². The molecule has 0 amide bonds. The van der Waals surface area contributed by atoms with Crippen LogP contribution in [0.5, 0.6) is 5.75 Å². The predicted octanol–water partition coefficient (Wildman–Crippen LogP) is 2.60. The maximum atomic E-state index is 12.1. The number of nitrogens with one attached hydrogen (secondary N) is 1. The molecular weight excluding hydrogens is 483 g/mol. The topological polar surface area (TPSA) is 66.4 Å². The molecule has 1 N–H and O–H groups in total. The molecule has 1 aromatic rings. The number of ether oxygens (including phenoxy) is 2. The molecule has 164 valence electrons. The molecule has 0 saturated carbocycles. The molecule has 2 rings (SSSR count). The minimum Gasteiger partial charge on any atom is -0.492 e. The normalized spacial score (nSPS) is 16.9. The Balaban J connectivity index is 0.00000420. The molecule has 0 spiro atoms. The SMILES string of the molecule is CCOC(=O)C1CCCN(C(=NC)NCc2cccc(OCCN(C)C)c2)C1.I. The van der Waals surface area contributed by atoms with Gasteiger partial charge in [0.1, 0.15) is 12.4 Å². The Morgan fingerprint density at radius 2 is 2.17 bits per heavy atom. The number of carbonyl (C=O) groups is 1. The van der Waals surface area contributed by atoms with Crippen LogP contribution < -0.4 is 10.1 Å². The molecule has 1 aliphatic rings. The van der Waals surface area contributed by atoms with Crippen molar-refractivity contribution in [3.63, 3.8) is 0 Å². The third-order valence-corrected chi connectivity index (χ3v) is 4.71. The summed E-state index contributed by atoms with van der Waals surface area (Å²) >= 11 is 0. The first-order chi connectivity index (χ1) is 13.5. The third kappa shape index (κ3) is 8.77. The first kappa shape index (κ1) is 25.5. The van der Waals surface area contributed by atoms with Gasteiger partial charge >= 0.3 is 5.97 Å². The number of hydrogen-bond donors (Lipinski definition) is 1. The number of piperidine rings is 1. The number of esters is 1. The zero-order valence-electron chi connectivity index (χ0n) is 18.0. The van der Waals surface area contributed by atoms with E-state index in [1.165, 1.54) is 0 Å². The lowest BCUT2D eigenvalue weighted by Crippen LogP contribution is -2.48. The lowest BCUT2D eigenvalue weighted by Gasteiger charge is -2.34. The van der Waals surface area contributed by atoms with Gasteiger partial charge < -0.3 is 24.6 Å². The summed E-state index contributed by atoms with van der Waals surface area (Å²) < 4.78 is 11.0. The second-order valence-electron chi connectivity index (χ2n) is 7.24. The Bertz CT molecular complexity index is 655. The van der Waals surface area contributed by atoms with Crippen LogP contribution in [0.4, 0.5) is 0 Å². The molecule has 1 aromatic carbocycles. The van der Waals surface area contributed by atoms with Gasteiger partial charge in [-0.3, -0.25) is 9.79 Å². The summed E-state index contributed by atoms with van der Waals surface area (Å²) in [5.41, 5.74) is 1.13. The van der Waals surface area contributed by atoms with Gasteiger partial charge in [-0.2, -0.15) is 0 Å². The average molecular weight is 518 g/mol. The van der Waals surface area contributed by atoms with E-state index in [2.05, 4.69) is 26.2 Å². The molecule has 0 aliphatic carbocycles. The molecule has 1 fully saturated rings. The molecule has 29 heavy (non-hydrogen) atoms. The summed E-state index contributed by atoms with van der Waals surface area (Å²) in [4.78, 5) is 20.7. The highest BCUT2D eigenvalue weighted by Gasteiger charge is 2.28. The largest absolute Gasteiger partial charge is 0.492 e. The van der Waals surface area contributed by atoms with E-state index in [1.807, 2.05) is 39.2 Å². The zero-order valence-corrected chi connectivity index (χ0v) is 20.3. The van der Waals surface area contributed by atoms with E-state index in [9.17, 15) is 4.79 Å². The zero-order chi connectivity index (χ0) is 20.4. The van der Waals surface area contributed by atoms with Crippen molar-refractivity contribution in [1.29, 1.82) is 0 Å². The Morgan fingerprint density at radius 1 is 1.38 bits per heavy atom. The molecule has 1 saturated heterocycles. The lowest BCUT2D eigenvalue weighted by atomic mass is 9.98. The van der Waals surface area contributed by atoms with Gasteiger partial charge in [-0.15, -0.1) is 24.0 Å². The monoisotopic (exact) mass is 518 g/mol. The van der Waals surface area contributed by atoms with Crippen LogP contribution in [0.25, 0.3) is 0 Å². The highest BCUT2D eigenvalue weighted by molar-refractivity contribution is 14.0. The van der Waals surface area contributed by atoms with Gasteiger partial charge in [0, 0.05) is 33.2 Å². The maximum absolute atomic E-state index is 12.1. The molecule has 7 nitrogen and oxygen atoms in total. The quantitative estimate of drug-likeness (QED) is 0.247. The average Bonchev–Trinajstić information content (AvgIpc) is 2.69. The summed E-state index contributed by atoms with van der Waals surface area (Å²) in [5, 5.41) is 3.41. The number of rotatable bonds is 8. The Morgan fingerprint density at radius 3 is 2.86 bits per heavy atom. The number of halogens is 1. The molecule has 1 aliphatic heterocycles. The van der Waals surface area contributed by atoms with Crippen LogP contribution in [0.15, 0.2) is 29.3 Å². The fraction of sp³-hybridized carbons (Fsp3) is 0.619. The van der Waals surface area contributed by atoms with E-state index in [0.717, 1.165) is 43.2 Å². The molecular formula is C21H35IN4O3. The van der Waals surface area contributed by atoms with Crippen LogP contribution in [0.2, 0.25) is 0 Å². The number of aliphatic imine (C=N–C) groups is 1. The van der Waals surface area contributed by atoms with E-state index >= 15 is 0 Å². The summed E-state index contributed by atoms with van der Waals surface area (Å²) in [6.45, 7) is 6.00. The highest BCUT2D eigenvalue weighted by atomic mass is 127. The first-order valence-corrected chi connectivity index (χ1v) is 10.0. The Labute approximate surface area is 191 Å². The number of likely N-dealkylation sites (tertiary alicyclic amines) is 1. The van der Waals surface area contributed by atoms with Crippen LogP contribution in [0.3, 0.4) is 0 Å². The van der Waals surface area contributed by atoms with Crippen LogP contribution >= 0.6 is 24.0 Å². The van der Waals surface area contributed by atoms with Crippen LogP contribution in [-0.4, -0.2) is 75.7 Å². The molecule has 1 heterocycles. The summed E-state index contributed by atoms with van der Waals surface area (Å²) in [5.74, 6) is 1.50. The van der Waals surface area contributed by atoms with Crippen molar-refractivity contribution in [3.8, 4) is 5.75 Å². The van der Waals surface area contributed by atoms with Crippen molar-refractivity contribution in [2.45, 2.75) is 26.3 Å². The first-order valence-electron chi connectivity index (χ1n) is 10.0. The maximum Gasteiger partial charge on any atom is 0.310 e. The summed E-state index contributed by atoms with van der Waals surface area (Å²) in [7, 11) is 5.84. The van der Waals surface area contributed by atoms with Crippen molar-refractivity contribution in [1.82, 2.24) is 15.1 Å². The van der Waals surface area contributed by atoms with E-state index in [1.54, 1.807) is 7.05 Å². The van der Waals surface area contributed by atoms with Crippen LogP contribution in [-0.2, 0) is 16.1 Å². The van der Waals surface area contributed by atoms with Gasteiger partial charge in [0.15, 0.2) is 5.96 Å². The van der Waals surface area contributed by atoms with Crippen molar-refractivity contribution in [3.05, 3.63) is 29.8 Å². The van der Waals surface area contributed by atoms with E-state index < -0.39 is 0 Å². The second kappa shape index (κ2) is 13.6. The third-order valence-electron chi connectivity index (χ3n) is 4.71. The number of carbonyl (C=O) groups excluding carboxylic acids is 1. The lowest BCUT2D eigenvalue weighted by molar-refractivity contribution is -0.149. The van der Waals surface area contributed by atoms with Gasteiger partial charge in [-0.25, -0.2) is 0 Å². The highest BCUT2D eigenvalue weighted by Crippen LogP contribution is 2.18. The standard InChI is InChI=1S/C21H34N4O3.HI/c1-5-27-20(26)18-9-7-11-25(16-18)21(22-2)23-15-17-8-6-10-19(14-17)28-13-12-24(3)4;/h6,8,10,14,18H,5,7,9,11-13,15-16H2,1-4H3,(H,22,23);1H. The summed E-state index contributed by atoms with van der Waals surface area (Å²) in [6.07, 6.45) is 1.83. The van der Waals surface area contributed by atoms with Crippen molar-refractivity contribution < 1.29 is 14.3 Å². The number of benzene rings is 1. The van der Waals surface area contributed by atoms with Gasteiger partial charge in [-0.1, -0.05) is 12.1 Å². The molecule has 0 aromatic heterocycles. The van der Waals surface area contributed by atoms with Crippen LogP contribution in [0.1, 0.15) is 25.3 Å². The van der Waals surface area contributed by atoms with Gasteiger partial charge in [0.25, 0.3) is 0 Å². The molecule has 8 heteroatoms. The smallest absolute Gasteiger partial charge is 0.310 e. The number of guanidine groups is 1.